The molecule has 0 aromatic heterocycles. The maximum atomic E-state index is 13.3. The second-order valence-electron chi connectivity index (χ2n) is 3.49. The van der Waals surface area contributed by atoms with Gasteiger partial charge in [-0.05, 0) is 32.2 Å². The van der Waals surface area contributed by atoms with Gasteiger partial charge in [0.05, 0.1) is 12.6 Å². The highest BCUT2D eigenvalue weighted by atomic mass is 19.1. The quantitative estimate of drug-likeness (QED) is 0.817. The number of nitrogens with one attached hydrogen (secondary N) is 2. The predicted molar refractivity (Wildman–Crippen MR) is 56.8 cm³/mol. The predicted octanol–water partition coefficient (Wildman–Crippen LogP) is 1.36. The molecule has 16 heavy (non-hydrogen) atoms. The van der Waals surface area contributed by atoms with E-state index < -0.39 is 17.7 Å². The normalized spacial score (nSPS) is 12.2. The van der Waals surface area contributed by atoms with Crippen molar-refractivity contribution in [2.24, 2.45) is 0 Å². The summed E-state index contributed by atoms with van der Waals surface area (Å²) in [5, 5.41) is 5.23. The summed E-state index contributed by atoms with van der Waals surface area (Å²) in [5.41, 5.74) is 0.143. The van der Waals surface area contributed by atoms with Crippen molar-refractivity contribution in [3.63, 3.8) is 0 Å². The Labute approximate surface area is 92.8 Å². The highest BCUT2D eigenvalue weighted by Gasteiger charge is 2.13. The maximum absolute atomic E-state index is 13.3. The maximum Gasteiger partial charge on any atom is 0.234 e. The van der Waals surface area contributed by atoms with Gasteiger partial charge in [0, 0.05) is 5.56 Å². The lowest BCUT2D eigenvalue weighted by Crippen LogP contribution is -2.34. The minimum atomic E-state index is -0.559. The van der Waals surface area contributed by atoms with Gasteiger partial charge in [0.1, 0.15) is 11.6 Å². The van der Waals surface area contributed by atoms with Crippen LogP contribution in [0.15, 0.2) is 18.2 Å². The molecule has 5 heteroatoms. The van der Waals surface area contributed by atoms with Crippen molar-refractivity contribution >= 4 is 5.91 Å². The second kappa shape index (κ2) is 5.55. The van der Waals surface area contributed by atoms with Gasteiger partial charge in [0.25, 0.3) is 0 Å². The summed E-state index contributed by atoms with van der Waals surface area (Å²) in [6.07, 6.45) is 0. The van der Waals surface area contributed by atoms with E-state index in [2.05, 4.69) is 10.6 Å². The van der Waals surface area contributed by atoms with Crippen LogP contribution in [0.3, 0.4) is 0 Å². The topological polar surface area (TPSA) is 41.1 Å². The number of hydrogen-bond donors (Lipinski definition) is 2. The Morgan fingerprint density at radius 1 is 1.44 bits per heavy atom. The molecule has 0 spiro atoms. The molecular formula is C11H14F2N2O. The molecule has 2 N–H and O–H groups in total. The van der Waals surface area contributed by atoms with Crippen molar-refractivity contribution < 1.29 is 13.6 Å². The van der Waals surface area contributed by atoms with Crippen molar-refractivity contribution in [3.8, 4) is 0 Å². The van der Waals surface area contributed by atoms with E-state index in [0.717, 1.165) is 18.2 Å². The van der Waals surface area contributed by atoms with Crippen LogP contribution in [0.2, 0.25) is 0 Å². The third kappa shape index (κ3) is 3.27. The van der Waals surface area contributed by atoms with Crippen LogP contribution in [0.25, 0.3) is 0 Å². The van der Waals surface area contributed by atoms with Gasteiger partial charge >= 0.3 is 0 Å². The third-order valence-electron chi connectivity index (χ3n) is 2.14. The summed E-state index contributed by atoms with van der Waals surface area (Å²) in [4.78, 5) is 11.2. The Hall–Kier alpha value is -1.49. The number of benzene rings is 1. The van der Waals surface area contributed by atoms with Gasteiger partial charge < -0.3 is 10.6 Å². The number of hydrogen-bond acceptors (Lipinski definition) is 2. The summed E-state index contributed by atoms with van der Waals surface area (Å²) >= 11 is 0. The molecular weight excluding hydrogens is 214 g/mol. The largest absolute Gasteiger partial charge is 0.348 e. The fourth-order valence-corrected chi connectivity index (χ4v) is 1.38. The zero-order valence-corrected chi connectivity index (χ0v) is 9.18. The smallest absolute Gasteiger partial charge is 0.234 e. The number of carbonyl (C=O) groups excluding carboxylic acids is 1. The molecule has 0 heterocycles. The van der Waals surface area contributed by atoms with Crippen molar-refractivity contribution in [3.05, 3.63) is 35.4 Å². The molecule has 0 fully saturated rings. The molecule has 0 radical (unpaired) electrons. The highest BCUT2D eigenvalue weighted by molar-refractivity contribution is 5.78. The molecule has 3 nitrogen and oxygen atoms in total. The molecule has 1 rings (SSSR count). The van der Waals surface area contributed by atoms with Crippen LogP contribution < -0.4 is 10.6 Å². The van der Waals surface area contributed by atoms with Gasteiger partial charge in [0.2, 0.25) is 5.91 Å². The molecule has 0 saturated heterocycles. The van der Waals surface area contributed by atoms with E-state index in [4.69, 9.17) is 0 Å². The van der Waals surface area contributed by atoms with Crippen molar-refractivity contribution in [2.45, 2.75) is 13.0 Å². The molecule has 1 amide bonds. The molecule has 1 aromatic rings. The number of amides is 1. The average molecular weight is 228 g/mol. The number of halogens is 2. The first-order valence-electron chi connectivity index (χ1n) is 4.93. The van der Waals surface area contributed by atoms with Crippen LogP contribution in [0, 0.1) is 11.6 Å². The van der Waals surface area contributed by atoms with Gasteiger partial charge in [-0.15, -0.1) is 0 Å². The highest BCUT2D eigenvalue weighted by Crippen LogP contribution is 2.17. The van der Waals surface area contributed by atoms with Gasteiger partial charge in [-0.2, -0.15) is 0 Å². The minimum absolute atomic E-state index is 0.140. The Bertz CT molecular complexity index is 382. The van der Waals surface area contributed by atoms with E-state index in [1.54, 1.807) is 14.0 Å². The van der Waals surface area contributed by atoms with Crippen LogP contribution >= 0.6 is 0 Å². The molecule has 0 aliphatic heterocycles. The van der Waals surface area contributed by atoms with E-state index in [1.165, 1.54) is 0 Å². The van der Waals surface area contributed by atoms with Crippen molar-refractivity contribution in [1.29, 1.82) is 0 Å². The molecule has 0 bridgehead atoms. The lowest BCUT2D eigenvalue weighted by Gasteiger charge is -2.15. The van der Waals surface area contributed by atoms with Crippen LogP contribution in [0.5, 0.6) is 0 Å². The Morgan fingerprint density at radius 2 is 2.12 bits per heavy atom. The average Bonchev–Trinajstić information content (AvgIpc) is 2.21. The van der Waals surface area contributed by atoms with E-state index in [0.29, 0.717) is 0 Å². The molecule has 1 aromatic carbocycles. The fraction of sp³-hybridized carbons (Fsp3) is 0.364. The summed E-state index contributed by atoms with van der Waals surface area (Å²) in [5.74, 6) is -1.32. The van der Waals surface area contributed by atoms with Crippen molar-refractivity contribution in [1.82, 2.24) is 10.6 Å². The van der Waals surface area contributed by atoms with E-state index >= 15 is 0 Å². The first-order valence-corrected chi connectivity index (χ1v) is 4.93. The van der Waals surface area contributed by atoms with E-state index in [-0.39, 0.29) is 18.0 Å². The lowest BCUT2D eigenvalue weighted by molar-refractivity contribution is -0.120. The summed E-state index contributed by atoms with van der Waals surface area (Å²) in [6, 6.07) is 2.61. The van der Waals surface area contributed by atoms with Gasteiger partial charge in [0.15, 0.2) is 0 Å². The first kappa shape index (κ1) is 12.6. The summed E-state index contributed by atoms with van der Waals surface area (Å²) in [6.45, 7) is 1.74. The third-order valence-corrected chi connectivity index (χ3v) is 2.14. The van der Waals surface area contributed by atoms with Gasteiger partial charge in [-0.25, -0.2) is 8.78 Å². The van der Waals surface area contributed by atoms with E-state index in [9.17, 15) is 13.6 Å². The van der Waals surface area contributed by atoms with Crippen LogP contribution in [0.4, 0.5) is 8.78 Å². The fourth-order valence-electron chi connectivity index (χ4n) is 1.38. The lowest BCUT2D eigenvalue weighted by atomic mass is 10.1. The minimum Gasteiger partial charge on any atom is -0.348 e. The Morgan fingerprint density at radius 3 is 2.75 bits per heavy atom. The molecule has 0 aliphatic rings. The Balaban J connectivity index is 2.76. The molecule has 0 aliphatic carbocycles. The number of rotatable bonds is 4. The van der Waals surface area contributed by atoms with Gasteiger partial charge in [-0.3, -0.25) is 4.79 Å². The Kier molecular flexibility index (Phi) is 4.37. The number of carbonyl (C=O) groups is 1. The van der Waals surface area contributed by atoms with Crippen molar-refractivity contribution in [2.75, 3.05) is 13.6 Å². The van der Waals surface area contributed by atoms with Gasteiger partial charge in [-0.1, -0.05) is 0 Å². The SMILES string of the molecule is CNCC(=O)NC(C)c1cc(F)ccc1F. The van der Waals surface area contributed by atoms with Crippen LogP contribution in [-0.4, -0.2) is 19.5 Å². The molecule has 1 atom stereocenters. The second-order valence-corrected chi connectivity index (χ2v) is 3.49. The zero-order chi connectivity index (χ0) is 12.1. The van der Waals surface area contributed by atoms with Crippen LogP contribution in [0.1, 0.15) is 18.5 Å². The van der Waals surface area contributed by atoms with Crippen LogP contribution in [-0.2, 0) is 4.79 Å². The zero-order valence-electron chi connectivity index (χ0n) is 9.18. The van der Waals surface area contributed by atoms with E-state index in [1.807, 2.05) is 0 Å². The molecule has 0 saturated carbocycles. The number of likely N-dealkylation sites (N-methyl/N-ethyl adjacent to an activating group) is 1. The summed E-state index contributed by atoms with van der Waals surface area (Å²) in [7, 11) is 1.63. The first-order chi connectivity index (χ1) is 7.54. The monoisotopic (exact) mass is 228 g/mol. The molecule has 1 unspecified atom stereocenters. The molecule has 88 valence electrons. The summed E-state index contributed by atoms with van der Waals surface area (Å²) < 4.78 is 26.2. The standard InChI is InChI=1S/C11H14F2N2O/c1-7(15-11(16)6-14-2)9-5-8(12)3-4-10(9)13/h3-5,7,14H,6H2,1-2H3,(H,15,16).